The predicted molar refractivity (Wildman–Crippen MR) is 72.0 cm³/mol. The van der Waals surface area contributed by atoms with Gasteiger partial charge in [0.1, 0.15) is 0 Å². The summed E-state index contributed by atoms with van der Waals surface area (Å²) in [4.78, 5) is 22.5. The zero-order valence-corrected chi connectivity index (χ0v) is 11.0. The minimum atomic E-state index is -0.871. The van der Waals surface area contributed by atoms with E-state index < -0.39 is 12.0 Å². The number of para-hydroxylation sites is 1. The second kappa shape index (κ2) is 4.89. The molecule has 6 nitrogen and oxygen atoms in total. The first-order valence-corrected chi connectivity index (χ1v) is 6.05. The van der Waals surface area contributed by atoms with Crippen LogP contribution in [0.25, 0.3) is 11.0 Å². The van der Waals surface area contributed by atoms with E-state index in [2.05, 4.69) is 0 Å². The maximum Gasteiger partial charge on any atom is 0.328 e. The van der Waals surface area contributed by atoms with Gasteiger partial charge in [-0.25, -0.2) is 4.79 Å². The molecule has 1 aromatic carbocycles. The van der Waals surface area contributed by atoms with Crippen molar-refractivity contribution in [1.29, 1.82) is 0 Å². The third-order valence-electron chi connectivity index (χ3n) is 3.39. The Morgan fingerprint density at radius 1 is 1.37 bits per heavy atom. The van der Waals surface area contributed by atoms with Crippen LogP contribution in [0.4, 0.5) is 0 Å². The Labute approximate surface area is 110 Å². The minimum absolute atomic E-state index is 0.0122. The van der Waals surface area contributed by atoms with Crippen LogP contribution >= 0.6 is 0 Å². The van der Waals surface area contributed by atoms with Gasteiger partial charge in [-0.3, -0.25) is 13.9 Å². The predicted octanol–water partition coefficient (Wildman–Crippen LogP) is 0.742. The molecule has 3 N–H and O–H groups in total. The van der Waals surface area contributed by atoms with Crippen LogP contribution in [-0.4, -0.2) is 20.2 Å². The lowest BCUT2D eigenvalue weighted by Gasteiger charge is -2.12. The van der Waals surface area contributed by atoms with Crippen molar-refractivity contribution in [3.63, 3.8) is 0 Å². The number of carbonyl (C=O) groups is 1. The number of imidazole rings is 1. The molecule has 2 rings (SSSR count). The van der Waals surface area contributed by atoms with Crippen molar-refractivity contribution in [3.05, 3.63) is 34.2 Å². The number of benzene rings is 1. The molecule has 0 saturated carbocycles. The van der Waals surface area contributed by atoms with Crippen molar-refractivity contribution >= 4 is 17.0 Å². The topological polar surface area (TPSA) is 90.3 Å². The van der Waals surface area contributed by atoms with E-state index in [-0.39, 0.29) is 12.1 Å². The lowest BCUT2D eigenvalue weighted by atomic mass is 10.0. The molecule has 0 fully saturated rings. The van der Waals surface area contributed by atoms with E-state index in [0.29, 0.717) is 6.42 Å². The van der Waals surface area contributed by atoms with Crippen LogP contribution < -0.4 is 11.4 Å². The molecule has 1 unspecified atom stereocenters. The standard InChI is InChI=1S/C13H17N3O3/c1-15-10-5-3-4-8(9(14)6-7-11(17)18)12(10)16(2)13(15)19/h3-5,9H,6-7,14H2,1-2H3,(H,17,18). The second-order valence-corrected chi connectivity index (χ2v) is 4.65. The summed E-state index contributed by atoms with van der Waals surface area (Å²) in [5.41, 5.74) is 8.31. The van der Waals surface area contributed by atoms with Crippen LogP contribution in [0.1, 0.15) is 24.4 Å². The van der Waals surface area contributed by atoms with Crippen molar-refractivity contribution in [2.75, 3.05) is 0 Å². The highest BCUT2D eigenvalue weighted by Crippen LogP contribution is 2.24. The number of carboxylic acids is 1. The first-order valence-electron chi connectivity index (χ1n) is 6.05. The SMILES string of the molecule is Cn1c(=O)n(C)c2c(C(N)CCC(=O)O)cccc21. The Morgan fingerprint density at radius 3 is 2.68 bits per heavy atom. The average Bonchev–Trinajstić information content (AvgIpc) is 2.61. The molecule has 6 heteroatoms. The van der Waals surface area contributed by atoms with Crippen LogP contribution in [0.15, 0.2) is 23.0 Å². The summed E-state index contributed by atoms with van der Waals surface area (Å²) in [5, 5.41) is 8.71. The molecule has 0 amide bonds. The maximum absolute atomic E-state index is 11.9. The van der Waals surface area contributed by atoms with Gasteiger partial charge in [0.15, 0.2) is 0 Å². The zero-order chi connectivity index (χ0) is 14.2. The number of aromatic nitrogens is 2. The van der Waals surface area contributed by atoms with Gasteiger partial charge in [-0.2, -0.15) is 0 Å². The molecule has 2 aromatic rings. The molecule has 0 radical (unpaired) electrons. The van der Waals surface area contributed by atoms with Gasteiger partial charge < -0.3 is 10.8 Å². The average molecular weight is 263 g/mol. The summed E-state index contributed by atoms with van der Waals surface area (Å²) in [5.74, 6) is -0.871. The smallest absolute Gasteiger partial charge is 0.328 e. The van der Waals surface area contributed by atoms with Crippen molar-refractivity contribution in [3.8, 4) is 0 Å². The van der Waals surface area contributed by atoms with E-state index in [1.165, 1.54) is 0 Å². The van der Waals surface area contributed by atoms with Crippen LogP contribution in [0, 0.1) is 0 Å². The molecule has 19 heavy (non-hydrogen) atoms. The largest absolute Gasteiger partial charge is 0.481 e. The summed E-state index contributed by atoms with van der Waals surface area (Å²) in [6, 6.07) is 5.13. The molecule has 1 atom stereocenters. The lowest BCUT2D eigenvalue weighted by molar-refractivity contribution is -0.137. The Morgan fingerprint density at radius 2 is 2.05 bits per heavy atom. The Bertz CT molecular complexity index is 684. The Kier molecular flexibility index (Phi) is 3.44. The van der Waals surface area contributed by atoms with Crippen molar-refractivity contribution < 1.29 is 9.90 Å². The third kappa shape index (κ3) is 2.26. The number of aliphatic carboxylic acids is 1. The number of hydrogen-bond acceptors (Lipinski definition) is 3. The number of aryl methyl sites for hydroxylation is 2. The highest BCUT2D eigenvalue weighted by molar-refractivity contribution is 5.80. The molecule has 0 aliphatic rings. The van der Waals surface area contributed by atoms with Gasteiger partial charge in [0.25, 0.3) is 0 Å². The van der Waals surface area contributed by atoms with Gasteiger partial charge in [0, 0.05) is 26.6 Å². The Hall–Kier alpha value is -2.08. The molecule has 102 valence electrons. The van der Waals surface area contributed by atoms with Gasteiger partial charge in [-0.1, -0.05) is 12.1 Å². The number of fused-ring (bicyclic) bond motifs is 1. The molecule has 1 aromatic heterocycles. The lowest BCUT2D eigenvalue weighted by Crippen LogP contribution is -2.20. The minimum Gasteiger partial charge on any atom is -0.481 e. The molecular weight excluding hydrogens is 246 g/mol. The molecule has 0 spiro atoms. The van der Waals surface area contributed by atoms with Gasteiger partial charge in [0.2, 0.25) is 0 Å². The molecular formula is C13H17N3O3. The van der Waals surface area contributed by atoms with E-state index in [1.54, 1.807) is 23.2 Å². The first kappa shape index (κ1) is 13.4. The third-order valence-corrected chi connectivity index (χ3v) is 3.39. The molecule has 0 saturated heterocycles. The molecule has 0 aliphatic carbocycles. The van der Waals surface area contributed by atoms with Gasteiger partial charge in [-0.05, 0) is 18.1 Å². The van der Waals surface area contributed by atoms with Crippen molar-refractivity contribution in [1.82, 2.24) is 9.13 Å². The van der Waals surface area contributed by atoms with Gasteiger partial charge >= 0.3 is 11.7 Å². The molecule has 0 bridgehead atoms. The number of nitrogens with zero attached hydrogens (tertiary/aromatic N) is 2. The maximum atomic E-state index is 11.9. The summed E-state index contributed by atoms with van der Waals surface area (Å²) in [7, 11) is 3.40. The quantitative estimate of drug-likeness (QED) is 0.851. The summed E-state index contributed by atoms with van der Waals surface area (Å²) >= 11 is 0. The summed E-state index contributed by atoms with van der Waals surface area (Å²) < 4.78 is 3.11. The fourth-order valence-electron chi connectivity index (χ4n) is 2.34. The fourth-order valence-corrected chi connectivity index (χ4v) is 2.34. The van der Waals surface area contributed by atoms with Crippen molar-refractivity contribution in [2.45, 2.75) is 18.9 Å². The highest BCUT2D eigenvalue weighted by atomic mass is 16.4. The second-order valence-electron chi connectivity index (χ2n) is 4.65. The van der Waals surface area contributed by atoms with Gasteiger partial charge in [0.05, 0.1) is 11.0 Å². The number of carboxylic acid groups (broad SMARTS) is 1. The zero-order valence-electron chi connectivity index (χ0n) is 11.0. The number of hydrogen-bond donors (Lipinski definition) is 2. The van der Waals surface area contributed by atoms with Crippen LogP contribution in [0.2, 0.25) is 0 Å². The molecule has 0 aliphatic heterocycles. The van der Waals surface area contributed by atoms with E-state index in [4.69, 9.17) is 10.8 Å². The van der Waals surface area contributed by atoms with E-state index in [0.717, 1.165) is 16.6 Å². The van der Waals surface area contributed by atoms with Crippen LogP contribution in [0.3, 0.4) is 0 Å². The van der Waals surface area contributed by atoms with Gasteiger partial charge in [-0.15, -0.1) is 0 Å². The monoisotopic (exact) mass is 263 g/mol. The fraction of sp³-hybridized carbons (Fsp3) is 0.385. The number of nitrogens with two attached hydrogens (primary N) is 1. The summed E-state index contributed by atoms with van der Waals surface area (Å²) in [6.45, 7) is 0. The normalized spacial score (nSPS) is 12.8. The van der Waals surface area contributed by atoms with E-state index in [9.17, 15) is 9.59 Å². The number of rotatable bonds is 4. The Balaban J connectivity index is 2.52. The van der Waals surface area contributed by atoms with E-state index in [1.807, 2.05) is 18.2 Å². The summed E-state index contributed by atoms with van der Waals surface area (Å²) in [6.07, 6.45) is 0.357. The van der Waals surface area contributed by atoms with Crippen LogP contribution in [0.5, 0.6) is 0 Å². The van der Waals surface area contributed by atoms with Crippen molar-refractivity contribution in [2.24, 2.45) is 19.8 Å². The highest BCUT2D eigenvalue weighted by Gasteiger charge is 2.16. The first-order chi connectivity index (χ1) is 8.93. The van der Waals surface area contributed by atoms with Crippen LogP contribution in [-0.2, 0) is 18.9 Å². The molecule has 1 heterocycles. The van der Waals surface area contributed by atoms with E-state index >= 15 is 0 Å².